The fourth-order valence-corrected chi connectivity index (χ4v) is 11.2. The van der Waals surface area contributed by atoms with Crippen LogP contribution in [0.15, 0.2) is 125 Å². The predicted octanol–water partition coefficient (Wildman–Crippen LogP) is 10.4. The first-order valence-corrected chi connectivity index (χ1v) is 41.4. The Morgan fingerprint density at radius 2 is 0.522 bits per heavy atom. The maximum Gasteiger partial charge on any atom is 0.340 e. The summed E-state index contributed by atoms with van der Waals surface area (Å²) >= 11 is 28.9. The van der Waals surface area contributed by atoms with E-state index in [0.717, 1.165) is 48.4 Å². The molecule has 0 aliphatic heterocycles. The van der Waals surface area contributed by atoms with E-state index in [1.165, 1.54) is 102 Å². The molecule has 7 rings (SSSR count). The molecule has 0 aromatic heterocycles. The van der Waals surface area contributed by atoms with Crippen molar-refractivity contribution < 1.29 is 214 Å². The minimum Gasteiger partial charge on any atom is -0.497 e. The molecule has 0 heterocycles. The van der Waals surface area contributed by atoms with Gasteiger partial charge in [0.05, 0.1) is 109 Å². The Balaban J connectivity index is 0.000000787. The number of esters is 12. The molecule has 0 saturated heterocycles. The number of carbonyl (C=O) groups excluding carboxylic acids is 12. The first kappa shape index (κ1) is 118. The standard InChI is InChI=1S/C13H12O8.C13H14O7.C13H14O6.C12H8Cl4O6.C12H11ClO6.C12H12O9S.C7H8O3S/c1-7(14)20-4-5-21-13(19)10-6-8(11(15)16)2-3-9(10)12(17)18;1-8(14)19-5-6-20-13(17)11-7-9(18-2)3-4-10(11)12(15)16;1-8-3-4-10(12(15)16)11(7-8)13(17)19-6-5-18-9(2)14;1-4(17)21-2-3-22-12(20)6-5(11(18)19)7(13)9(15)10(16)8(6)14;1-7(14)18-4-5-19-12(17)10-6-8(13)2-3-9(10)11(15)16;1-7(13)20-4-5-21-12(16)10-6-8(22(17,18)19)2-3-9(10)11(14)15;1-6-2-4-7(5-3-6)11(8,9)10/h2-3,6H,4-5H2,1H3,(H,15,16)(H,17,18);3-4,7H,5-6H2,1-2H3,(H,15,16);3-4,7H,5-6H2,1-2H3,(H,15,16);2-3H2,1H3,(H,18,19);2-3,6H,4-5H2,1H3,(H,15,16);2-3,6H,4-5H2,1H3,(H,14,15)(H,17,18,19);2-5H,1H3,(H,8,9,10). The number of carbonyl (C=O) groups is 19. The van der Waals surface area contributed by atoms with Gasteiger partial charge in [-0.2, -0.15) is 16.8 Å². The third-order valence-electron chi connectivity index (χ3n) is 14.9. The summed E-state index contributed by atoms with van der Waals surface area (Å²) in [6, 6.07) is 23.5. The van der Waals surface area contributed by atoms with Gasteiger partial charge in [0, 0.05) is 46.6 Å². The molecule has 0 saturated carbocycles. The number of aryl methyl sites for hydroxylation is 2. The Morgan fingerprint density at radius 3 is 0.836 bits per heavy atom. The Labute approximate surface area is 782 Å². The van der Waals surface area contributed by atoms with Crippen LogP contribution in [0.25, 0.3) is 0 Å². The summed E-state index contributed by atoms with van der Waals surface area (Å²) < 4.78 is 121. The Bertz CT molecular complexity index is 5680. The van der Waals surface area contributed by atoms with E-state index in [2.05, 4.69) is 33.2 Å². The Morgan fingerprint density at radius 1 is 0.261 bits per heavy atom. The van der Waals surface area contributed by atoms with E-state index in [1.807, 2.05) is 6.92 Å². The van der Waals surface area contributed by atoms with Crippen LogP contribution in [0.1, 0.15) is 187 Å². The molecule has 0 spiro atoms. The van der Waals surface area contributed by atoms with Crippen molar-refractivity contribution in [3.05, 3.63) is 224 Å². The smallest absolute Gasteiger partial charge is 0.340 e. The molecular formula is C82H79Cl5O45S2. The summed E-state index contributed by atoms with van der Waals surface area (Å²) in [6.07, 6.45) is 0. The van der Waals surface area contributed by atoms with Crippen LogP contribution in [0.2, 0.25) is 25.1 Å². The van der Waals surface area contributed by atoms with Gasteiger partial charge in [0.15, 0.2) is 0 Å². The van der Waals surface area contributed by atoms with Gasteiger partial charge in [-0.1, -0.05) is 87.3 Å². The van der Waals surface area contributed by atoms with Crippen LogP contribution in [0.4, 0.5) is 0 Å². The summed E-state index contributed by atoms with van der Waals surface area (Å²) in [5.41, 5.74) is -2.32. The van der Waals surface area contributed by atoms with Crippen molar-refractivity contribution in [2.75, 3.05) is 86.4 Å². The zero-order chi connectivity index (χ0) is 102. The van der Waals surface area contributed by atoms with Gasteiger partial charge < -0.3 is 97.3 Å². The van der Waals surface area contributed by atoms with Crippen LogP contribution >= 0.6 is 58.0 Å². The van der Waals surface area contributed by atoms with Crippen molar-refractivity contribution in [1.82, 2.24) is 0 Å². The lowest BCUT2D eigenvalue weighted by Gasteiger charge is -2.13. The van der Waals surface area contributed by atoms with Gasteiger partial charge in [-0.3, -0.25) is 37.9 Å². The van der Waals surface area contributed by atoms with Crippen molar-refractivity contribution in [1.29, 1.82) is 0 Å². The molecule has 0 amide bonds. The molecule has 9 N–H and O–H groups in total. The van der Waals surface area contributed by atoms with E-state index in [-0.39, 0.29) is 149 Å². The molecule has 45 nitrogen and oxygen atoms in total. The second-order valence-electron chi connectivity index (χ2n) is 24.9. The molecular weight excluding hydrogens is 1950 g/mol. The number of halogens is 5. The molecule has 0 unspecified atom stereocenters. The number of methoxy groups -OCH3 is 1. The second-order valence-corrected chi connectivity index (χ2v) is 29.7. The van der Waals surface area contributed by atoms with Crippen molar-refractivity contribution in [2.24, 2.45) is 0 Å². The maximum absolute atomic E-state index is 12.0. The fourth-order valence-electron chi connectivity index (χ4n) is 9.08. The first-order valence-electron chi connectivity index (χ1n) is 36.6. The number of ether oxygens (including phenoxy) is 13. The van der Waals surface area contributed by atoms with Crippen molar-refractivity contribution >= 4 is 192 Å². The number of carboxylic acid groups (broad SMARTS) is 7. The summed E-state index contributed by atoms with van der Waals surface area (Å²) in [4.78, 5) is 210. The number of benzene rings is 7. The topological polar surface area (TPSA) is 695 Å². The average molecular weight is 2030 g/mol. The number of rotatable bonds is 34. The average Bonchev–Trinajstić information content (AvgIpc) is 0.772. The molecule has 724 valence electrons. The Hall–Kier alpha value is -14.5. The highest BCUT2D eigenvalue weighted by molar-refractivity contribution is 7.86. The molecule has 0 fully saturated rings. The molecule has 7 aromatic rings. The number of carboxylic acids is 7. The van der Waals surface area contributed by atoms with Crippen LogP contribution in [-0.2, 0) is 106 Å². The van der Waals surface area contributed by atoms with Crippen molar-refractivity contribution in [3.63, 3.8) is 0 Å². The van der Waals surface area contributed by atoms with E-state index in [1.54, 1.807) is 25.1 Å². The van der Waals surface area contributed by atoms with Crippen LogP contribution in [0.3, 0.4) is 0 Å². The van der Waals surface area contributed by atoms with Crippen LogP contribution < -0.4 is 4.74 Å². The lowest BCUT2D eigenvalue weighted by Crippen LogP contribution is -2.17. The number of hydrogen-bond donors (Lipinski definition) is 9. The van der Waals surface area contributed by atoms with Crippen LogP contribution in [0, 0.1) is 13.8 Å². The van der Waals surface area contributed by atoms with E-state index in [9.17, 15) is 108 Å². The minimum absolute atomic E-state index is 0.0182. The van der Waals surface area contributed by atoms with E-state index in [4.69, 9.17) is 131 Å². The lowest BCUT2D eigenvalue weighted by atomic mass is 10.0. The molecule has 7 aromatic carbocycles. The summed E-state index contributed by atoms with van der Waals surface area (Å²) in [5.74, 6) is -17.9. The van der Waals surface area contributed by atoms with E-state index >= 15 is 0 Å². The minimum atomic E-state index is -4.61. The van der Waals surface area contributed by atoms with Gasteiger partial charge in [0.2, 0.25) is 0 Å². The van der Waals surface area contributed by atoms with Gasteiger partial charge >= 0.3 is 113 Å². The highest BCUT2D eigenvalue weighted by atomic mass is 35.5. The molecule has 134 heavy (non-hydrogen) atoms. The molecule has 0 radical (unpaired) electrons. The number of aromatic carboxylic acids is 7. The summed E-state index contributed by atoms with van der Waals surface area (Å²) in [7, 11) is -7.23. The first-order chi connectivity index (χ1) is 62.4. The van der Waals surface area contributed by atoms with Gasteiger partial charge in [-0.25, -0.2) is 62.3 Å². The SMILES string of the molecule is CC(=O)OCCOC(=O)c1c(Cl)c(Cl)c(Cl)c(Cl)c1C(=O)O.CC(=O)OCCOC(=O)c1cc(C(=O)O)ccc1C(=O)O.CC(=O)OCCOC(=O)c1cc(C)ccc1C(=O)O.CC(=O)OCCOC(=O)c1cc(Cl)ccc1C(=O)O.CC(=O)OCCOC(=O)c1cc(S(=O)(=O)O)ccc1C(=O)O.COc1ccc(C(=O)O)c(C(=O)OCCOC(C)=O)c1.Cc1ccc(S(=O)(=O)O)cc1. The highest BCUT2D eigenvalue weighted by Gasteiger charge is 2.31. The lowest BCUT2D eigenvalue weighted by molar-refractivity contribution is -0.142. The van der Waals surface area contributed by atoms with Crippen molar-refractivity contribution in [2.45, 2.75) is 65.2 Å². The largest absolute Gasteiger partial charge is 0.497 e. The third-order valence-corrected chi connectivity index (χ3v) is 18.7. The Kier molecular flexibility index (Phi) is 51.2. The van der Waals surface area contributed by atoms with Gasteiger partial charge in [0.25, 0.3) is 20.2 Å². The highest BCUT2D eigenvalue weighted by Crippen LogP contribution is 2.42. The molecule has 0 atom stereocenters. The predicted molar refractivity (Wildman–Crippen MR) is 456 cm³/mol. The van der Waals surface area contributed by atoms with Gasteiger partial charge in [-0.05, 0) is 111 Å². The molecule has 0 aliphatic rings. The molecule has 0 aliphatic carbocycles. The van der Waals surface area contributed by atoms with E-state index in [0.29, 0.717) is 11.8 Å². The quantitative estimate of drug-likeness (QED) is 0.00452. The van der Waals surface area contributed by atoms with Crippen molar-refractivity contribution in [3.8, 4) is 5.75 Å². The van der Waals surface area contributed by atoms with Crippen LogP contribution in [-0.4, -0.2) is 261 Å². The zero-order valence-electron chi connectivity index (χ0n) is 70.9. The zero-order valence-corrected chi connectivity index (χ0v) is 76.3. The second kappa shape index (κ2) is 58.3. The number of hydrogen-bond acceptors (Lipinski definition) is 36. The summed E-state index contributed by atoms with van der Waals surface area (Å²) in [5, 5.41) is 61.7. The summed E-state index contributed by atoms with van der Waals surface area (Å²) in [6.45, 7) is 8.58. The van der Waals surface area contributed by atoms with Gasteiger partial charge in [0.1, 0.15) is 85.0 Å². The molecule has 52 heteroatoms. The van der Waals surface area contributed by atoms with E-state index < -0.39 is 171 Å². The maximum atomic E-state index is 12.0. The molecule has 0 bridgehead atoms. The normalized spacial score (nSPS) is 10.1. The third kappa shape index (κ3) is 43.1. The van der Waals surface area contributed by atoms with Crippen LogP contribution in [0.5, 0.6) is 5.75 Å². The fraction of sp³-hybridized carbons (Fsp3) is 0.256. The monoisotopic (exact) mass is 2020 g/mol. The van der Waals surface area contributed by atoms with Gasteiger partial charge in [-0.15, -0.1) is 0 Å².